The summed E-state index contributed by atoms with van der Waals surface area (Å²) >= 11 is 0. The molecule has 1 unspecified atom stereocenters. The molecule has 0 aromatic carbocycles. The fraction of sp³-hybridized carbons (Fsp3) is 1.00. The van der Waals surface area contributed by atoms with Crippen LogP contribution in [0.25, 0.3) is 0 Å². The molecule has 0 aromatic rings. The van der Waals surface area contributed by atoms with Crippen molar-refractivity contribution in [1.29, 1.82) is 0 Å². The first kappa shape index (κ1) is 25.1. The molecule has 2 nitrogen and oxygen atoms in total. The van der Waals surface area contributed by atoms with E-state index in [1.165, 1.54) is 96.3 Å². The molecule has 0 N–H and O–H groups in total. The smallest absolute Gasteiger partial charge is 0.324 e. The molecule has 0 radical (unpaired) electrons. The van der Waals surface area contributed by atoms with Crippen molar-refractivity contribution < 1.29 is 8.85 Å². The molecule has 1 atom stereocenters. The average molecular weight is 373 g/mol. The molecule has 0 rings (SSSR count). The van der Waals surface area contributed by atoms with Crippen LogP contribution in [0, 0.1) is 0 Å². The van der Waals surface area contributed by atoms with E-state index in [4.69, 9.17) is 8.85 Å². The van der Waals surface area contributed by atoms with E-state index < -0.39 is 9.28 Å². The Kier molecular flexibility index (Phi) is 20.6. The van der Waals surface area contributed by atoms with Gasteiger partial charge < -0.3 is 8.85 Å². The highest BCUT2D eigenvalue weighted by atomic mass is 28.3. The van der Waals surface area contributed by atoms with Gasteiger partial charge in [-0.25, -0.2) is 0 Å². The van der Waals surface area contributed by atoms with Crippen LogP contribution < -0.4 is 0 Å². The van der Waals surface area contributed by atoms with E-state index in [-0.39, 0.29) is 0 Å². The molecular formula is C22H48O2Si. The third-order valence-corrected chi connectivity index (χ3v) is 7.73. The summed E-state index contributed by atoms with van der Waals surface area (Å²) in [5.41, 5.74) is 0.650. The van der Waals surface area contributed by atoms with Gasteiger partial charge in [-0.2, -0.15) is 0 Å². The lowest BCUT2D eigenvalue weighted by Crippen LogP contribution is -2.27. The normalized spacial score (nSPS) is 12.8. The Morgan fingerprint density at radius 1 is 0.560 bits per heavy atom. The predicted molar refractivity (Wildman–Crippen MR) is 115 cm³/mol. The van der Waals surface area contributed by atoms with Crippen molar-refractivity contribution in [3.63, 3.8) is 0 Å². The van der Waals surface area contributed by atoms with Crippen molar-refractivity contribution in [2.45, 2.75) is 130 Å². The zero-order valence-electron chi connectivity index (χ0n) is 18.0. The van der Waals surface area contributed by atoms with E-state index in [0.717, 1.165) is 13.2 Å². The summed E-state index contributed by atoms with van der Waals surface area (Å²) in [6, 6.07) is 0. The summed E-state index contributed by atoms with van der Waals surface area (Å²) in [5.74, 6) is 0. The van der Waals surface area contributed by atoms with Crippen LogP contribution in [0.5, 0.6) is 0 Å². The average Bonchev–Trinajstić information content (AvgIpc) is 2.61. The maximum absolute atomic E-state index is 5.83. The summed E-state index contributed by atoms with van der Waals surface area (Å²) in [7, 11) is -1.42. The van der Waals surface area contributed by atoms with Crippen molar-refractivity contribution in [1.82, 2.24) is 0 Å². The maximum atomic E-state index is 5.83. The van der Waals surface area contributed by atoms with Crippen molar-refractivity contribution in [3.05, 3.63) is 0 Å². The Bertz CT molecular complexity index is 242. The Hall–Kier alpha value is 0.137. The minimum Gasteiger partial charge on any atom is -0.397 e. The molecule has 0 aliphatic heterocycles. The van der Waals surface area contributed by atoms with E-state index in [0.29, 0.717) is 5.54 Å². The number of rotatable bonds is 20. The fourth-order valence-corrected chi connectivity index (χ4v) is 5.42. The summed E-state index contributed by atoms with van der Waals surface area (Å²) in [4.78, 5) is 0. The second kappa shape index (κ2) is 20.4. The third-order valence-electron chi connectivity index (χ3n) is 5.14. The van der Waals surface area contributed by atoms with Crippen molar-refractivity contribution in [2.75, 3.05) is 13.2 Å². The van der Waals surface area contributed by atoms with E-state index in [9.17, 15) is 0 Å². The lowest BCUT2D eigenvalue weighted by molar-refractivity contribution is 0.203. The minimum atomic E-state index is -1.42. The zero-order chi connectivity index (χ0) is 18.6. The van der Waals surface area contributed by atoms with Gasteiger partial charge in [-0.1, -0.05) is 104 Å². The first-order chi connectivity index (χ1) is 12.3. The predicted octanol–water partition coefficient (Wildman–Crippen LogP) is 7.54. The van der Waals surface area contributed by atoms with Gasteiger partial charge in [0.05, 0.1) is 0 Å². The number of hydrogen-bond donors (Lipinski definition) is 0. The fourth-order valence-electron chi connectivity index (χ4n) is 3.50. The van der Waals surface area contributed by atoms with E-state index in [2.05, 4.69) is 27.7 Å². The van der Waals surface area contributed by atoms with Crippen LogP contribution in [0.1, 0.15) is 124 Å². The second-order valence-electron chi connectivity index (χ2n) is 7.64. The van der Waals surface area contributed by atoms with Crippen LogP contribution in [0.15, 0.2) is 0 Å². The molecule has 3 heteroatoms. The van der Waals surface area contributed by atoms with Crippen molar-refractivity contribution in [3.8, 4) is 0 Å². The number of unbranched alkanes of at least 4 members (excludes halogenated alkanes) is 13. The minimum absolute atomic E-state index is 0.650. The van der Waals surface area contributed by atoms with Gasteiger partial charge in [-0.05, 0) is 25.8 Å². The molecule has 0 fully saturated rings. The first-order valence-electron chi connectivity index (χ1n) is 11.5. The third kappa shape index (κ3) is 17.3. The van der Waals surface area contributed by atoms with Crippen LogP contribution in [-0.4, -0.2) is 22.5 Å². The topological polar surface area (TPSA) is 18.5 Å². The molecule has 0 aromatic heterocycles. The van der Waals surface area contributed by atoms with Crippen LogP contribution in [0.2, 0.25) is 5.54 Å². The maximum Gasteiger partial charge on any atom is 0.324 e. The molecule has 0 saturated carbocycles. The zero-order valence-corrected chi connectivity index (χ0v) is 19.1. The van der Waals surface area contributed by atoms with Gasteiger partial charge in [-0.3, -0.25) is 0 Å². The highest BCUT2D eigenvalue weighted by Crippen LogP contribution is 2.21. The monoisotopic (exact) mass is 372 g/mol. The molecule has 0 amide bonds. The number of hydrogen-bond acceptors (Lipinski definition) is 2. The summed E-state index contributed by atoms with van der Waals surface area (Å²) in [6.07, 6.45) is 21.3. The van der Waals surface area contributed by atoms with Gasteiger partial charge in [0, 0.05) is 13.2 Å². The highest BCUT2D eigenvalue weighted by Gasteiger charge is 2.20. The molecule has 0 bridgehead atoms. The van der Waals surface area contributed by atoms with Gasteiger partial charge in [-0.15, -0.1) is 0 Å². The Labute approximate surface area is 161 Å². The van der Waals surface area contributed by atoms with Gasteiger partial charge in [0.2, 0.25) is 0 Å². The van der Waals surface area contributed by atoms with Crippen molar-refractivity contribution >= 4 is 9.28 Å². The molecule has 0 spiro atoms. The van der Waals surface area contributed by atoms with Crippen molar-refractivity contribution in [2.24, 2.45) is 0 Å². The largest absolute Gasteiger partial charge is 0.397 e. The standard InChI is InChI=1S/C22H48O2Si/c1-5-8-9-10-11-12-13-14-15-16-17-18-19-20-21-22(4)25(23-6-2)24-7-3/h22,25H,5-21H2,1-4H3. The van der Waals surface area contributed by atoms with Gasteiger partial charge in [0.1, 0.15) is 0 Å². The highest BCUT2D eigenvalue weighted by molar-refractivity contribution is 6.46. The van der Waals surface area contributed by atoms with Crippen LogP contribution >= 0.6 is 0 Å². The van der Waals surface area contributed by atoms with Crippen LogP contribution in [-0.2, 0) is 8.85 Å². The molecular weight excluding hydrogens is 324 g/mol. The van der Waals surface area contributed by atoms with Gasteiger partial charge in [0.25, 0.3) is 0 Å². The first-order valence-corrected chi connectivity index (χ1v) is 13.1. The lowest BCUT2D eigenvalue weighted by atomic mass is 10.0. The Balaban J connectivity index is 3.30. The summed E-state index contributed by atoms with van der Waals surface area (Å²) in [6.45, 7) is 10.4. The molecule has 0 aliphatic rings. The molecule has 25 heavy (non-hydrogen) atoms. The molecule has 0 saturated heterocycles. The van der Waals surface area contributed by atoms with E-state index in [1.54, 1.807) is 0 Å². The van der Waals surface area contributed by atoms with Gasteiger partial charge in [0.15, 0.2) is 0 Å². The van der Waals surface area contributed by atoms with E-state index >= 15 is 0 Å². The SMILES string of the molecule is CCCCCCCCCCCCCCCCC(C)[SiH](OCC)OCC. The van der Waals surface area contributed by atoms with Gasteiger partial charge >= 0.3 is 9.28 Å². The molecule has 0 aliphatic carbocycles. The molecule has 0 heterocycles. The summed E-state index contributed by atoms with van der Waals surface area (Å²) < 4.78 is 11.7. The van der Waals surface area contributed by atoms with E-state index in [1.807, 2.05) is 0 Å². The van der Waals surface area contributed by atoms with Crippen LogP contribution in [0.3, 0.4) is 0 Å². The van der Waals surface area contributed by atoms with Crippen LogP contribution in [0.4, 0.5) is 0 Å². The summed E-state index contributed by atoms with van der Waals surface area (Å²) in [5, 5.41) is 0. The second-order valence-corrected chi connectivity index (χ2v) is 10.2. The quantitative estimate of drug-likeness (QED) is 0.162. The Morgan fingerprint density at radius 2 is 0.920 bits per heavy atom. The Morgan fingerprint density at radius 3 is 1.28 bits per heavy atom. The molecule has 152 valence electrons. The lowest BCUT2D eigenvalue weighted by Gasteiger charge is -2.21.